The maximum absolute atomic E-state index is 10.9. The zero-order valence-electron chi connectivity index (χ0n) is 15.3. The summed E-state index contributed by atoms with van der Waals surface area (Å²) in [7, 11) is 1.54. The Kier molecular flexibility index (Phi) is 5.73. The SMILES string of the molecule is COc1cc([N+](=O)[O-])ccc1NC1CCN(Cc2cccc(C)c2)CC1. The molecule has 6 heteroatoms. The number of methoxy groups -OCH3 is 1. The number of nitro groups is 1. The molecule has 0 unspecified atom stereocenters. The van der Waals surface area contributed by atoms with Gasteiger partial charge in [0, 0.05) is 31.7 Å². The molecule has 0 radical (unpaired) electrons. The first-order valence-electron chi connectivity index (χ1n) is 8.92. The maximum Gasteiger partial charge on any atom is 0.273 e. The number of hydrogen-bond acceptors (Lipinski definition) is 5. The highest BCUT2D eigenvalue weighted by Gasteiger charge is 2.21. The number of anilines is 1. The molecule has 0 bridgehead atoms. The van der Waals surface area contributed by atoms with Crippen molar-refractivity contribution in [1.29, 1.82) is 0 Å². The number of aryl methyl sites for hydroxylation is 1. The van der Waals surface area contributed by atoms with Gasteiger partial charge in [-0.05, 0) is 31.4 Å². The van der Waals surface area contributed by atoms with Crippen molar-refractivity contribution in [3.8, 4) is 5.75 Å². The van der Waals surface area contributed by atoms with E-state index in [9.17, 15) is 10.1 Å². The molecule has 0 aliphatic carbocycles. The van der Waals surface area contributed by atoms with Crippen molar-refractivity contribution >= 4 is 11.4 Å². The number of nitrogens with one attached hydrogen (secondary N) is 1. The number of benzene rings is 2. The Balaban J connectivity index is 1.56. The molecule has 1 heterocycles. The number of nitro benzene ring substituents is 1. The Morgan fingerprint density at radius 3 is 2.65 bits per heavy atom. The van der Waals surface area contributed by atoms with Crippen molar-refractivity contribution in [2.24, 2.45) is 0 Å². The molecular weight excluding hydrogens is 330 g/mol. The van der Waals surface area contributed by atoms with Gasteiger partial charge in [0.1, 0.15) is 5.75 Å². The van der Waals surface area contributed by atoms with E-state index in [2.05, 4.69) is 41.4 Å². The summed E-state index contributed by atoms with van der Waals surface area (Å²) in [5.74, 6) is 0.515. The lowest BCUT2D eigenvalue weighted by Crippen LogP contribution is -2.38. The van der Waals surface area contributed by atoms with Gasteiger partial charge >= 0.3 is 0 Å². The van der Waals surface area contributed by atoms with E-state index in [1.807, 2.05) is 0 Å². The molecule has 6 nitrogen and oxygen atoms in total. The summed E-state index contributed by atoms with van der Waals surface area (Å²) in [5.41, 5.74) is 3.51. The quantitative estimate of drug-likeness (QED) is 0.627. The van der Waals surface area contributed by atoms with Gasteiger partial charge in [-0.3, -0.25) is 15.0 Å². The number of likely N-dealkylation sites (tertiary alicyclic amines) is 1. The molecule has 0 amide bonds. The number of rotatable bonds is 6. The van der Waals surface area contributed by atoms with Gasteiger partial charge in [-0.25, -0.2) is 0 Å². The highest BCUT2D eigenvalue weighted by molar-refractivity contribution is 5.61. The van der Waals surface area contributed by atoms with Gasteiger partial charge in [-0.1, -0.05) is 29.8 Å². The van der Waals surface area contributed by atoms with Crippen molar-refractivity contribution < 1.29 is 9.66 Å². The third kappa shape index (κ3) is 4.52. The zero-order chi connectivity index (χ0) is 18.5. The molecule has 0 aromatic heterocycles. The highest BCUT2D eigenvalue weighted by Crippen LogP contribution is 2.30. The summed E-state index contributed by atoms with van der Waals surface area (Å²) in [4.78, 5) is 13.0. The molecule has 1 fully saturated rings. The average molecular weight is 355 g/mol. The van der Waals surface area contributed by atoms with Crippen LogP contribution >= 0.6 is 0 Å². The van der Waals surface area contributed by atoms with E-state index < -0.39 is 4.92 Å². The third-order valence-electron chi connectivity index (χ3n) is 4.83. The van der Waals surface area contributed by atoms with Crippen LogP contribution in [0.3, 0.4) is 0 Å². The second kappa shape index (κ2) is 8.19. The Hall–Kier alpha value is -2.60. The first kappa shape index (κ1) is 18.2. The summed E-state index contributed by atoms with van der Waals surface area (Å²) >= 11 is 0. The normalized spacial score (nSPS) is 15.6. The minimum absolute atomic E-state index is 0.0420. The molecule has 26 heavy (non-hydrogen) atoms. The van der Waals surface area contributed by atoms with Crippen LogP contribution in [0.5, 0.6) is 5.75 Å². The summed E-state index contributed by atoms with van der Waals surface area (Å²) in [6.45, 7) is 5.16. The van der Waals surface area contributed by atoms with Crippen LogP contribution in [0.2, 0.25) is 0 Å². The minimum atomic E-state index is -0.407. The van der Waals surface area contributed by atoms with Gasteiger partial charge in [0.15, 0.2) is 0 Å². The number of ether oxygens (including phenoxy) is 1. The fourth-order valence-electron chi connectivity index (χ4n) is 3.44. The second-order valence-corrected chi connectivity index (χ2v) is 6.83. The predicted molar refractivity (Wildman–Crippen MR) is 103 cm³/mol. The number of piperidine rings is 1. The van der Waals surface area contributed by atoms with Crippen molar-refractivity contribution in [3.05, 3.63) is 63.7 Å². The van der Waals surface area contributed by atoms with E-state index in [0.717, 1.165) is 38.2 Å². The summed E-state index contributed by atoms with van der Waals surface area (Å²) in [5, 5.41) is 14.4. The van der Waals surface area contributed by atoms with Crippen LogP contribution in [0.1, 0.15) is 24.0 Å². The van der Waals surface area contributed by atoms with Gasteiger partial charge in [-0.2, -0.15) is 0 Å². The van der Waals surface area contributed by atoms with E-state index in [1.165, 1.54) is 30.4 Å². The Bertz CT molecular complexity index is 771. The molecule has 1 aliphatic rings. The number of non-ortho nitro benzene ring substituents is 1. The topological polar surface area (TPSA) is 67.6 Å². The molecule has 0 atom stereocenters. The van der Waals surface area contributed by atoms with Crippen LogP contribution in [0.4, 0.5) is 11.4 Å². The van der Waals surface area contributed by atoms with E-state index in [-0.39, 0.29) is 5.69 Å². The Morgan fingerprint density at radius 2 is 2.00 bits per heavy atom. The van der Waals surface area contributed by atoms with Crippen molar-refractivity contribution in [1.82, 2.24) is 4.90 Å². The van der Waals surface area contributed by atoms with Crippen LogP contribution in [0, 0.1) is 17.0 Å². The van der Waals surface area contributed by atoms with Crippen LogP contribution in [-0.2, 0) is 6.54 Å². The largest absolute Gasteiger partial charge is 0.494 e. The maximum atomic E-state index is 10.9. The first-order valence-corrected chi connectivity index (χ1v) is 8.92. The predicted octanol–water partition coefficient (Wildman–Crippen LogP) is 3.99. The minimum Gasteiger partial charge on any atom is -0.494 e. The van der Waals surface area contributed by atoms with Gasteiger partial charge in [-0.15, -0.1) is 0 Å². The molecule has 0 spiro atoms. The lowest BCUT2D eigenvalue weighted by molar-refractivity contribution is -0.384. The van der Waals surface area contributed by atoms with Gasteiger partial charge < -0.3 is 10.1 Å². The van der Waals surface area contributed by atoms with Crippen molar-refractivity contribution in [2.75, 3.05) is 25.5 Å². The monoisotopic (exact) mass is 355 g/mol. The van der Waals surface area contributed by atoms with Gasteiger partial charge in [0.2, 0.25) is 0 Å². The lowest BCUT2D eigenvalue weighted by atomic mass is 10.0. The molecule has 138 valence electrons. The molecule has 1 N–H and O–H groups in total. The first-order chi connectivity index (χ1) is 12.5. The van der Waals surface area contributed by atoms with E-state index in [4.69, 9.17) is 4.74 Å². The van der Waals surface area contributed by atoms with Crippen LogP contribution in [0.25, 0.3) is 0 Å². The molecule has 2 aromatic rings. The third-order valence-corrected chi connectivity index (χ3v) is 4.83. The standard InChI is InChI=1S/C20H25N3O3/c1-15-4-3-5-16(12-15)14-22-10-8-17(9-11-22)21-19-7-6-18(23(24)25)13-20(19)26-2/h3-7,12-13,17,21H,8-11,14H2,1-2H3. The van der Waals surface area contributed by atoms with Gasteiger partial charge in [0.25, 0.3) is 5.69 Å². The Labute approximate surface area is 153 Å². The molecule has 1 aliphatic heterocycles. The average Bonchev–Trinajstić information content (AvgIpc) is 2.63. The molecule has 0 saturated carbocycles. The van der Waals surface area contributed by atoms with E-state index in [0.29, 0.717) is 11.8 Å². The summed E-state index contributed by atoms with van der Waals surface area (Å²) < 4.78 is 5.31. The van der Waals surface area contributed by atoms with Crippen LogP contribution < -0.4 is 10.1 Å². The summed E-state index contributed by atoms with van der Waals surface area (Å²) in [6, 6.07) is 13.7. The van der Waals surface area contributed by atoms with Crippen LogP contribution in [-0.4, -0.2) is 36.1 Å². The smallest absolute Gasteiger partial charge is 0.273 e. The fraction of sp³-hybridized carbons (Fsp3) is 0.400. The molecule has 2 aromatic carbocycles. The Morgan fingerprint density at radius 1 is 1.23 bits per heavy atom. The van der Waals surface area contributed by atoms with Gasteiger partial charge in [0.05, 0.1) is 23.8 Å². The van der Waals surface area contributed by atoms with E-state index in [1.54, 1.807) is 6.07 Å². The fourth-order valence-corrected chi connectivity index (χ4v) is 3.44. The van der Waals surface area contributed by atoms with Crippen LogP contribution in [0.15, 0.2) is 42.5 Å². The zero-order valence-corrected chi connectivity index (χ0v) is 15.3. The molecular formula is C20H25N3O3. The van der Waals surface area contributed by atoms with E-state index >= 15 is 0 Å². The second-order valence-electron chi connectivity index (χ2n) is 6.83. The van der Waals surface area contributed by atoms with Crippen molar-refractivity contribution in [3.63, 3.8) is 0 Å². The lowest BCUT2D eigenvalue weighted by Gasteiger charge is -2.33. The number of hydrogen-bond donors (Lipinski definition) is 1. The highest BCUT2D eigenvalue weighted by atomic mass is 16.6. The summed E-state index contributed by atoms with van der Waals surface area (Å²) in [6.07, 6.45) is 2.07. The molecule has 1 saturated heterocycles. The number of nitrogens with zero attached hydrogens (tertiary/aromatic N) is 2. The van der Waals surface area contributed by atoms with Crippen molar-refractivity contribution in [2.45, 2.75) is 32.4 Å². The molecule has 3 rings (SSSR count).